The molecule has 2 aromatic rings. The summed E-state index contributed by atoms with van der Waals surface area (Å²) < 4.78 is 31.4. The number of ether oxygens (including phenoxy) is 1. The molecule has 5 nitrogen and oxygen atoms in total. The molecule has 2 N–H and O–H groups in total. The first-order valence-corrected chi connectivity index (χ1v) is 8.25. The molecule has 0 atom stereocenters. The van der Waals surface area contributed by atoms with Gasteiger partial charge in [-0.05, 0) is 64.1 Å². The van der Waals surface area contributed by atoms with Crippen molar-refractivity contribution in [2.24, 2.45) is 0 Å². The van der Waals surface area contributed by atoms with Gasteiger partial charge in [0.2, 0.25) is 0 Å². The highest BCUT2D eigenvalue weighted by atomic mass is 19.1. The molecule has 0 radical (unpaired) electrons. The molecule has 134 valence electrons. The fraction of sp³-hybridized carbons (Fsp3) is 0.316. The van der Waals surface area contributed by atoms with E-state index in [1.54, 1.807) is 18.2 Å². The first-order valence-electron chi connectivity index (χ1n) is 8.25. The van der Waals surface area contributed by atoms with Crippen LogP contribution in [0.2, 0.25) is 0 Å². The maximum Gasteiger partial charge on any atom is 0.498 e. The molecular weight excluding hydrogens is 334 g/mol. The van der Waals surface area contributed by atoms with Crippen LogP contribution in [0.4, 0.5) is 10.1 Å². The molecule has 7 heteroatoms. The zero-order valence-electron chi connectivity index (χ0n) is 15.2. The standard InChI is InChI=1S/C19H20BFN2O3/c1-18(2)19(3,4)26-20(25-18)15-10-14(23)6-8-17(15)24-16-7-5-13(21)9-12(16)11-22/h5-10H,23H2,1-4H3. The smallest absolute Gasteiger partial charge is 0.456 e. The minimum absolute atomic E-state index is 0.0988. The summed E-state index contributed by atoms with van der Waals surface area (Å²) in [7, 11) is -0.676. The highest BCUT2D eigenvalue weighted by Gasteiger charge is 2.52. The van der Waals surface area contributed by atoms with Gasteiger partial charge in [-0.15, -0.1) is 0 Å². The maximum absolute atomic E-state index is 13.4. The highest BCUT2D eigenvalue weighted by Crippen LogP contribution is 2.38. The van der Waals surface area contributed by atoms with Gasteiger partial charge in [0.1, 0.15) is 23.4 Å². The minimum atomic E-state index is -0.676. The van der Waals surface area contributed by atoms with E-state index in [4.69, 9.17) is 19.8 Å². The van der Waals surface area contributed by atoms with E-state index in [9.17, 15) is 9.65 Å². The average Bonchev–Trinajstić information content (AvgIpc) is 2.78. The van der Waals surface area contributed by atoms with E-state index in [2.05, 4.69) is 0 Å². The lowest BCUT2D eigenvalue weighted by molar-refractivity contribution is 0.00578. The zero-order chi connectivity index (χ0) is 19.1. The minimum Gasteiger partial charge on any atom is -0.456 e. The largest absolute Gasteiger partial charge is 0.498 e. The second-order valence-corrected chi connectivity index (χ2v) is 7.24. The molecule has 0 unspecified atom stereocenters. The molecule has 0 amide bonds. The van der Waals surface area contributed by atoms with Crippen molar-refractivity contribution < 1.29 is 18.4 Å². The van der Waals surface area contributed by atoms with Gasteiger partial charge in [0.05, 0.1) is 16.8 Å². The van der Waals surface area contributed by atoms with Crippen molar-refractivity contribution >= 4 is 18.3 Å². The zero-order valence-corrected chi connectivity index (χ0v) is 15.2. The predicted octanol–water partition coefficient (Wildman–Crippen LogP) is 3.37. The van der Waals surface area contributed by atoms with Gasteiger partial charge in [-0.2, -0.15) is 5.26 Å². The fourth-order valence-corrected chi connectivity index (χ4v) is 2.61. The van der Waals surface area contributed by atoms with E-state index in [0.29, 0.717) is 16.9 Å². The van der Waals surface area contributed by atoms with E-state index in [-0.39, 0.29) is 11.3 Å². The molecule has 1 saturated heterocycles. The summed E-state index contributed by atoms with van der Waals surface area (Å²) in [5.74, 6) is 0.176. The fourth-order valence-electron chi connectivity index (χ4n) is 2.61. The van der Waals surface area contributed by atoms with Gasteiger partial charge in [0, 0.05) is 11.2 Å². The lowest BCUT2D eigenvalue weighted by Gasteiger charge is -2.32. The summed E-state index contributed by atoms with van der Waals surface area (Å²) in [4.78, 5) is 0. The van der Waals surface area contributed by atoms with Gasteiger partial charge in [0.25, 0.3) is 0 Å². The maximum atomic E-state index is 13.4. The van der Waals surface area contributed by atoms with Crippen molar-refractivity contribution in [3.8, 4) is 17.6 Å². The number of nitrogens with zero attached hydrogens (tertiary/aromatic N) is 1. The molecule has 1 heterocycles. The van der Waals surface area contributed by atoms with Gasteiger partial charge in [-0.1, -0.05) is 0 Å². The molecule has 0 aliphatic carbocycles. The molecule has 0 spiro atoms. The normalized spacial score (nSPS) is 17.8. The van der Waals surface area contributed by atoms with Crippen LogP contribution in [0, 0.1) is 17.1 Å². The second-order valence-electron chi connectivity index (χ2n) is 7.24. The summed E-state index contributed by atoms with van der Waals surface area (Å²) in [5, 5.41) is 9.22. The molecule has 0 bridgehead atoms. The van der Waals surface area contributed by atoms with Crippen molar-refractivity contribution in [1.29, 1.82) is 5.26 Å². The number of hydrogen-bond donors (Lipinski definition) is 1. The summed E-state index contributed by atoms with van der Waals surface area (Å²) in [6, 6.07) is 10.8. The third-order valence-corrected chi connectivity index (χ3v) is 4.82. The Hall–Kier alpha value is -2.56. The lowest BCUT2D eigenvalue weighted by atomic mass is 9.78. The lowest BCUT2D eigenvalue weighted by Crippen LogP contribution is -2.41. The number of anilines is 1. The van der Waals surface area contributed by atoms with Crippen molar-refractivity contribution in [1.82, 2.24) is 0 Å². The molecule has 2 aromatic carbocycles. The number of hydrogen-bond acceptors (Lipinski definition) is 5. The predicted molar refractivity (Wildman–Crippen MR) is 97.8 cm³/mol. The van der Waals surface area contributed by atoms with E-state index in [1.807, 2.05) is 33.8 Å². The van der Waals surface area contributed by atoms with E-state index < -0.39 is 24.1 Å². The molecule has 1 fully saturated rings. The van der Waals surface area contributed by atoms with Crippen LogP contribution in [0.1, 0.15) is 33.3 Å². The molecule has 3 rings (SSSR count). The molecule has 1 aliphatic rings. The van der Waals surface area contributed by atoms with Crippen molar-refractivity contribution in [2.75, 3.05) is 5.73 Å². The average molecular weight is 354 g/mol. The monoisotopic (exact) mass is 354 g/mol. The number of nitrogens with two attached hydrogens (primary N) is 1. The molecular formula is C19H20BFN2O3. The second kappa shape index (κ2) is 6.31. The Morgan fingerprint density at radius 2 is 1.65 bits per heavy atom. The van der Waals surface area contributed by atoms with E-state index in [0.717, 1.165) is 6.07 Å². The Kier molecular flexibility index (Phi) is 4.43. The topological polar surface area (TPSA) is 77.5 Å². The van der Waals surface area contributed by atoms with Gasteiger partial charge >= 0.3 is 7.12 Å². The Balaban J connectivity index is 2.00. The molecule has 26 heavy (non-hydrogen) atoms. The van der Waals surface area contributed by atoms with Crippen LogP contribution in [-0.4, -0.2) is 18.3 Å². The van der Waals surface area contributed by atoms with Crippen LogP contribution >= 0.6 is 0 Å². The molecule has 0 saturated carbocycles. The van der Waals surface area contributed by atoms with Crippen LogP contribution < -0.4 is 15.9 Å². The Morgan fingerprint density at radius 1 is 1.04 bits per heavy atom. The van der Waals surface area contributed by atoms with Crippen molar-refractivity contribution in [3.63, 3.8) is 0 Å². The Bertz CT molecular complexity index is 877. The number of rotatable bonds is 3. The Morgan fingerprint density at radius 3 is 2.27 bits per heavy atom. The third kappa shape index (κ3) is 3.26. The van der Waals surface area contributed by atoms with Crippen LogP contribution in [-0.2, 0) is 9.31 Å². The number of benzene rings is 2. The van der Waals surface area contributed by atoms with Crippen LogP contribution in [0.3, 0.4) is 0 Å². The number of nitrogen functional groups attached to an aromatic ring is 1. The molecule has 0 aromatic heterocycles. The molecule has 1 aliphatic heterocycles. The van der Waals surface area contributed by atoms with Crippen LogP contribution in [0.25, 0.3) is 0 Å². The van der Waals surface area contributed by atoms with Gasteiger partial charge in [-0.25, -0.2) is 4.39 Å². The van der Waals surface area contributed by atoms with Gasteiger partial charge in [0.15, 0.2) is 0 Å². The summed E-state index contributed by atoms with van der Waals surface area (Å²) >= 11 is 0. The van der Waals surface area contributed by atoms with Crippen molar-refractivity contribution in [3.05, 3.63) is 47.8 Å². The number of nitriles is 1. The number of halogens is 1. The van der Waals surface area contributed by atoms with E-state index in [1.165, 1.54) is 12.1 Å². The van der Waals surface area contributed by atoms with Crippen LogP contribution in [0.5, 0.6) is 11.5 Å². The first kappa shape index (κ1) is 18.2. The SMILES string of the molecule is CC1(C)OB(c2cc(N)ccc2Oc2ccc(F)cc2C#N)OC1(C)C. The Labute approximate surface area is 152 Å². The van der Waals surface area contributed by atoms with Gasteiger partial charge < -0.3 is 19.8 Å². The van der Waals surface area contributed by atoms with E-state index >= 15 is 0 Å². The van der Waals surface area contributed by atoms with Gasteiger partial charge in [-0.3, -0.25) is 0 Å². The highest BCUT2D eigenvalue weighted by molar-refractivity contribution is 6.63. The summed E-state index contributed by atoms with van der Waals surface area (Å²) in [6.07, 6.45) is 0. The first-order chi connectivity index (χ1) is 12.1. The van der Waals surface area contributed by atoms with Crippen LogP contribution in [0.15, 0.2) is 36.4 Å². The quantitative estimate of drug-likeness (QED) is 0.676. The van der Waals surface area contributed by atoms with Crippen molar-refractivity contribution in [2.45, 2.75) is 38.9 Å². The summed E-state index contributed by atoms with van der Waals surface area (Å²) in [6.45, 7) is 7.81. The third-order valence-electron chi connectivity index (χ3n) is 4.82. The summed E-state index contributed by atoms with van der Waals surface area (Å²) in [5.41, 5.74) is 6.13.